The van der Waals surface area contributed by atoms with E-state index in [2.05, 4.69) is 23.7 Å². The number of carbonyl (C=O) groups is 1. The fraction of sp³-hybridized carbons (Fsp3) is 0.591. The first-order valence-electron chi connectivity index (χ1n) is 10.7. The van der Waals surface area contributed by atoms with Crippen molar-refractivity contribution >= 4 is 29.3 Å². The van der Waals surface area contributed by atoms with Gasteiger partial charge in [0.2, 0.25) is 0 Å². The molecule has 1 atom stereocenters. The van der Waals surface area contributed by atoms with Gasteiger partial charge in [-0.2, -0.15) is 0 Å². The summed E-state index contributed by atoms with van der Waals surface area (Å²) in [4.78, 5) is 16.3. The molecule has 4 rings (SSSR count). The summed E-state index contributed by atoms with van der Waals surface area (Å²) in [6, 6.07) is 7.92. The molecule has 31 heavy (non-hydrogen) atoms. The lowest BCUT2D eigenvalue weighted by atomic mass is 10.1. The van der Waals surface area contributed by atoms with Gasteiger partial charge in [0.05, 0.1) is 0 Å². The van der Waals surface area contributed by atoms with Crippen molar-refractivity contribution in [3.8, 4) is 5.75 Å². The Labute approximate surface area is 187 Å². The predicted molar refractivity (Wildman–Crippen MR) is 119 cm³/mol. The molecule has 0 saturated carbocycles. The molecule has 2 aromatic rings. The largest absolute Gasteiger partial charge is 0.490 e. The minimum Gasteiger partial charge on any atom is -0.490 e. The van der Waals surface area contributed by atoms with Crippen molar-refractivity contribution in [2.24, 2.45) is 0 Å². The Balaban J connectivity index is 0.000000322. The maximum Gasteiger partial charge on any atom is 0.352 e. The number of aromatic carboxylic acids is 1. The van der Waals surface area contributed by atoms with Crippen molar-refractivity contribution in [3.05, 3.63) is 30.0 Å². The van der Waals surface area contributed by atoms with E-state index >= 15 is 0 Å². The number of piperidine rings is 2. The zero-order valence-electron chi connectivity index (χ0n) is 18.0. The van der Waals surface area contributed by atoms with E-state index in [0.717, 1.165) is 55.4 Å². The Morgan fingerprint density at radius 1 is 1.16 bits per heavy atom. The topological polar surface area (TPSA) is 68.8 Å². The van der Waals surface area contributed by atoms with E-state index in [4.69, 9.17) is 9.84 Å². The highest BCUT2D eigenvalue weighted by Gasteiger charge is 2.22. The highest BCUT2D eigenvalue weighted by Crippen LogP contribution is 2.25. The molecule has 174 valence electrons. The molecule has 3 heterocycles. The maximum atomic E-state index is 12.1. The lowest BCUT2D eigenvalue weighted by Crippen LogP contribution is -2.41. The number of carboxylic acid groups (broad SMARTS) is 1. The molecule has 2 saturated heterocycles. The number of nitrogens with one attached hydrogen (secondary N) is 1. The number of likely N-dealkylation sites (tertiary alicyclic amines) is 1. The van der Waals surface area contributed by atoms with E-state index in [1.165, 1.54) is 0 Å². The van der Waals surface area contributed by atoms with Crippen LogP contribution in [0.25, 0.3) is 10.9 Å². The van der Waals surface area contributed by atoms with Gasteiger partial charge in [0.25, 0.3) is 0 Å². The third-order valence-electron chi connectivity index (χ3n) is 5.70. The van der Waals surface area contributed by atoms with Crippen LogP contribution in [-0.4, -0.2) is 64.2 Å². The molecule has 0 aliphatic carbocycles. The maximum absolute atomic E-state index is 12.1. The highest BCUT2D eigenvalue weighted by molar-refractivity contribution is 5.94. The summed E-state index contributed by atoms with van der Waals surface area (Å²) in [5.41, 5.74) is 1.02. The third-order valence-corrected chi connectivity index (χ3v) is 5.70. The van der Waals surface area contributed by atoms with Crippen LogP contribution in [0.1, 0.15) is 56.4 Å². The highest BCUT2D eigenvalue weighted by atomic mass is 35.5. The number of rotatable bonds is 4. The van der Waals surface area contributed by atoms with Crippen LogP contribution in [0.3, 0.4) is 0 Å². The van der Waals surface area contributed by atoms with Gasteiger partial charge in [0.1, 0.15) is 17.5 Å². The standard InChI is InChI=1S/C17H22N2O3.C5H9F2N.ClH/c1-11(2)19-7-5-13(6-8-19)22-14-3-4-15-12(9-14)10-16(18-15)17(20)21;6-5-3-1-2-4-8(5)7;/h3-4,9-11,13,18H,5-8H2,1-2H3,(H,20,21);5H,1-4H2;1H. The SMILES string of the molecule is CC(C)N1CCC(Oc2ccc3[nH]c(C(=O)O)cc3c2)CC1.Cl.FC1CCCCN1F. The Morgan fingerprint density at radius 3 is 2.42 bits per heavy atom. The number of hydrogen-bond acceptors (Lipinski definition) is 4. The van der Waals surface area contributed by atoms with Crippen LogP contribution in [0.15, 0.2) is 24.3 Å². The smallest absolute Gasteiger partial charge is 0.352 e. The summed E-state index contributed by atoms with van der Waals surface area (Å²) < 4.78 is 30.2. The van der Waals surface area contributed by atoms with Crippen molar-refractivity contribution in [1.82, 2.24) is 15.0 Å². The van der Waals surface area contributed by atoms with Crippen LogP contribution in [-0.2, 0) is 0 Å². The second-order valence-corrected chi connectivity index (χ2v) is 8.24. The number of aromatic nitrogens is 1. The fourth-order valence-electron chi connectivity index (χ4n) is 3.86. The normalized spacial score (nSPS) is 20.7. The molecular weight excluding hydrogens is 428 g/mol. The Morgan fingerprint density at radius 2 is 1.87 bits per heavy atom. The van der Waals surface area contributed by atoms with Crippen molar-refractivity contribution in [1.29, 1.82) is 0 Å². The van der Waals surface area contributed by atoms with Gasteiger partial charge in [-0.15, -0.1) is 22.0 Å². The van der Waals surface area contributed by atoms with Gasteiger partial charge in [-0.05, 0) is 70.2 Å². The lowest BCUT2D eigenvalue weighted by molar-refractivity contribution is -0.100. The number of halogens is 3. The summed E-state index contributed by atoms with van der Waals surface area (Å²) in [7, 11) is 0. The van der Waals surface area contributed by atoms with Crippen molar-refractivity contribution in [3.63, 3.8) is 0 Å². The molecule has 0 amide bonds. The van der Waals surface area contributed by atoms with Gasteiger partial charge in [0, 0.05) is 36.6 Å². The number of alkyl halides is 1. The molecule has 2 fully saturated rings. The Bertz CT molecular complexity index is 831. The lowest BCUT2D eigenvalue weighted by Gasteiger charge is -2.34. The van der Waals surface area contributed by atoms with E-state index in [1.54, 1.807) is 6.07 Å². The van der Waals surface area contributed by atoms with E-state index < -0.39 is 12.3 Å². The number of H-pyrrole nitrogens is 1. The molecule has 1 aromatic carbocycles. The molecule has 9 heteroatoms. The molecule has 2 aliphatic rings. The van der Waals surface area contributed by atoms with Crippen LogP contribution in [0.4, 0.5) is 8.87 Å². The van der Waals surface area contributed by atoms with Gasteiger partial charge in [-0.3, -0.25) is 0 Å². The minimum atomic E-state index is -1.33. The zero-order valence-corrected chi connectivity index (χ0v) is 18.8. The molecule has 2 N–H and O–H groups in total. The third kappa shape index (κ3) is 7.05. The van der Waals surface area contributed by atoms with Crippen LogP contribution in [0, 0.1) is 0 Å². The van der Waals surface area contributed by atoms with Gasteiger partial charge >= 0.3 is 5.97 Å². The number of ether oxygens (including phenoxy) is 1. The van der Waals surface area contributed by atoms with Crippen molar-refractivity contribution in [2.45, 2.75) is 64.4 Å². The average Bonchev–Trinajstić information content (AvgIpc) is 3.15. The van der Waals surface area contributed by atoms with Gasteiger partial charge in [-0.1, -0.05) is 0 Å². The molecule has 0 bridgehead atoms. The molecule has 0 radical (unpaired) electrons. The predicted octanol–water partition coefficient (Wildman–Crippen LogP) is 5.19. The quantitative estimate of drug-likeness (QED) is 0.486. The Kier molecular flexibility index (Phi) is 9.53. The molecule has 1 aromatic heterocycles. The van der Waals surface area contributed by atoms with Gasteiger partial charge in [0.15, 0.2) is 6.30 Å². The first-order chi connectivity index (χ1) is 14.3. The Hall–Kier alpha value is -1.90. The number of carboxylic acids is 1. The fourth-order valence-corrected chi connectivity index (χ4v) is 3.86. The molecule has 2 aliphatic heterocycles. The summed E-state index contributed by atoms with van der Waals surface area (Å²) in [6.45, 7) is 6.85. The minimum absolute atomic E-state index is 0. The number of fused-ring (bicyclic) bond motifs is 1. The summed E-state index contributed by atoms with van der Waals surface area (Å²) >= 11 is 0. The number of hydrogen-bond donors (Lipinski definition) is 2. The number of aromatic amines is 1. The van der Waals surface area contributed by atoms with E-state index in [9.17, 15) is 13.7 Å². The van der Waals surface area contributed by atoms with Crippen molar-refractivity contribution in [2.75, 3.05) is 19.6 Å². The van der Waals surface area contributed by atoms with Gasteiger partial charge in [-0.25, -0.2) is 9.18 Å². The summed E-state index contributed by atoms with van der Waals surface area (Å²) in [5.74, 6) is -0.133. The summed E-state index contributed by atoms with van der Waals surface area (Å²) in [5, 5.41) is 10.2. The zero-order chi connectivity index (χ0) is 21.7. The van der Waals surface area contributed by atoms with Crippen LogP contribution < -0.4 is 4.74 Å². The number of nitrogens with zero attached hydrogens (tertiary/aromatic N) is 2. The molecule has 6 nitrogen and oxygen atoms in total. The van der Waals surface area contributed by atoms with Gasteiger partial charge < -0.3 is 19.7 Å². The molecule has 1 unspecified atom stereocenters. The van der Waals surface area contributed by atoms with E-state index in [0.29, 0.717) is 12.5 Å². The second kappa shape index (κ2) is 11.6. The molecular formula is C22H32ClF2N3O3. The van der Waals surface area contributed by atoms with Crippen LogP contribution >= 0.6 is 12.4 Å². The van der Waals surface area contributed by atoms with E-state index in [-0.39, 0.29) is 35.9 Å². The molecule has 0 spiro atoms. The average molecular weight is 460 g/mol. The first-order valence-corrected chi connectivity index (χ1v) is 10.7. The summed E-state index contributed by atoms with van der Waals surface area (Å²) in [6.07, 6.45) is 2.94. The first kappa shape index (κ1) is 25.4. The van der Waals surface area contributed by atoms with E-state index in [1.807, 2.05) is 18.2 Å². The van der Waals surface area contributed by atoms with Crippen LogP contribution in [0.5, 0.6) is 5.75 Å². The number of benzene rings is 1. The second-order valence-electron chi connectivity index (χ2n) is 8.24. The van der Waals surface area contributed by atoms with Crippen LogP contribution in [0.2, 0.25) is 0 Å². The monoisotopic (exact) mass is 459 g/mol. The van der Waals surface area contributed by atoms with Crippen molar-refractivity contribution < 1.29 is 23.5 Å².